The van der Waals surface area contributed by atoms with Gasteiger partial charge in [0.2, 0.25) is 0 Å². The van der Waals surface area contributed by atoms with Gasteiger partial charge >= 0.3 is 0 Å². The van der Waals surface area contributed by atoms with Crippen molar-refractivity contribution >= 4 is 11.6 Å². The summed E-state index contributed by atoms with van der Waals surface area (Å²) in [6.45, 7) is 1.90. The summed E-state index contributed by atoms with van der Waals surface area (Å²) in [6.07, 6.45) is 5.17. The second-order valence-electron chi connectivity index (χ2n) is 6.44. The number of benzene rings is 1. The monoisotopic (exact) mass is 388 g/mol. The number of pyridine rings is 1. The van der Waals surface area contributed by atoms with Gasteiger partial charge in [-0.15, -0.1) is 0 Å². The van der Waals surface area contributed by atoms with Crippen LogP contribution in [0.4, 0.5) is 5.69 Å². The molecule has 3 heterocycles. The zero-order valence-corrected chi connectivity index (χ0v) is 16.3. The summed E-state index contributed by atoms with van der Waals surface area (Å²) in [5.41, 5.74) is 2.52. The lowest BCUT2D eigenvalue weighted by Crippen LogP contribution is -2.16. The predicted molar refractivity (Wildman–Crippen MR) is 109 cm³/mol. The molecule has 8 nitrogen and oxygen atoms in total. The summed E-state index contributed by atoms with van der Waals surface area (Å²) in [4.78, 5) is 21.3. The number of rotatable bonds is 5. The van der Waals surface area contributed by atoms with E-state index in [4.69, 9.17) is 4.74 Å². The highest BCUT2D eigenvalue weighted by molar-refractivity contribution is 6.03. The van der Waals surface area contributed by atoms with Crippen LogP contribution in [0.5, 0.6) is 5.75 Å². The zero-order chi connectivity index (χ0) is 20.4. The van der Waals surface area contributed by atoms with Gasteiger partial charge in [-0.3, -0.25) is 14.0 Å². The SMILES string of the molecule is COc1ccccc1-c1cc(C(=O)Nc2ccc(-n3ccnc3C)nc2)n(C)n1. The van der Waals surface area contributed by atoms with Crippen LogP contribution >= 0.6 is 0 Å². The van der Waals surface area contributed by atoms with Crippen LogP contribution < -0.4 is 10.1 Å². The summed E-state index contributed by atoms with van der Waals surface area (Å²) in [6, 6.07) is 12.9. The van der Waals surface area contributed by atoms with Crippen molar-refractivity contribution in [2.24, 2.45) is 7.05 Å². The second-order valence-corrected chi connectivity index (χ2v) is 6.44. The van der Waals surface area contributed by atoms with Gasteiger partial charge in [0.05, 0.1) is 24.7 Å². The van der Waals surface area contributed by atoms with Crippen LogP contribution in [0.2, 0.25) is 0 Å². The number of para-hydroxylation sites is 1. The third-order valence-electron chi connectivity index (χ3n) is 4.57. The van der Waals surface area contributed by atoms with E-state index in [0.29, 0.717) is 22.8 Å². The first-order chi connectivity index (χ1) is 14.1. The Bertz CT molecular complexity index is 1160. The Morgan fingerprint density at radius 1 is 1.14 bits per heavy atom. The van der Waals surface area contributed by atoms with Crippen LogP contribution in [-0.4, -0.2) is 37.3 Å². The lowest BCUT2D eigenvalue weighted by atomic mass is 10.1. The molecule has 146 valence electrons. The Kier molecular flexibility index (Phi) is 4.82. The van der Waals surface area contributed by atoms with Gasteiger partial charge in [0.1, 0.15) is 23.1 Å². The van der Waals surface area contributed by atoms with Crippen molar-refractivity contribution in [2.45, 2.75) is 6.92 Å². The first kappa shape index (κ1) is 18.4. The molecule has 29 heavy (non-hydrogen) atoms. The minimum absolute atomic E-state index is 0.269. The molecule has 0 aliphatic rings. The number of aromatic nitrogens is 5. The number of imidazole rings is 1. The number of hydrogen-bond acceptors (Lipinski definition) is 5. The molecule has 0 saturated heterocycles. The fraction of sp³-hybridized carbons (Fsp3) is 0.143. The molecule has 8 heteroatoms. The zero-order valence-electron chi connectivity index (χ0n) is 16.3. The standard InChI is InChI=1S/C21H20N6O2/c1-14-22-10-11-27(14)20-9-8-15(13-23-20)24-21(28)18-12-17(25-26(18)2)16-6-4-5-7-19(16)29-3/h4-13H,1-3H3,(H,24,28). The first-order valence-electron chi connectivity index (χ1n) is 9.02. The Morgan fingerprint density at radius 2 is 1.97 bits per heavy atom. The van der Waals surface area contributed by atoms with E-state index in [0.717, 1.165) is 17.2 Å². The van der Waals surface area contributed by atoms with E-state index in [9.17, 15) is 4.79 Å². The topological polar surface area (TPSA) is 86.9 Å². The van der Waals surface area contributed by atoms with Gasteiger partial charge in [-0.25, -0.2) is 9.97 Å². The number of carbonyl (C=O) groups excluding carboxylic acids is 1. The summed E-state index contributed by atoms with van der Waals surface area (Å²) in [7, 11) is 3.34. The molecule has 0 aliphatic heterocycles. The molecule has 0 bridgehead atoms. The van der Waals surface area contributed by atoms with E-state index in [1.165, 1.54) is 0 Å². The predicted octanol–water partition coefficient (Wildman–Crippen LogP) is 3.24. The first-order valence-corrected chi connectivity index (χ1v) is 9.02. The molecular formula is C21H20N6O2. The normalized spacial score (nSPS) is 10.7. The maximum atomic E-state index is 12.8. The van der Waals surface area contributed by atoms with Crippen molar-refractivity contribution in [3.05, 3.63) is 72.6 Å². The molecular weight excluding hydrogens is 368 g/mol. The minimum atomic E-state index is -0.269. The van der Waals surface area contributed by atoms with Gasteiger partial charge < -0.3 is 10.1 Å². The van der Waals surface area contributed by atoms with Crippen molar-refractivity contribution in [1.82, 2.24) is 24.3 Å². The second kappa shape index (κ2) is 7.59. The van der Waals surface area contributed by atoms with Gasteiger partial charge in [-0.05, 0) is 37.3 Å². The quantitative estimate of drug-likeness (QED) is 0.567. The molecule has 0 unspecified atom stereocenters. The molecule has 0 aliphatic carbocycles. The largest absolute Gasteiger partial charge is 0.496 e. The molecule has 0 fully saturated rings. The van der Waals surface area contributed by atoms with Gasteiger partial charge in [-0.2, -0.15) is 5.10 Å². The molecule has 3 aromatic heterocycles. The highest BCUT2D eigenvalue weighted by Gasteiger charge is 2.17. The number of carbonyl (C=O) groups is 1. The Morgan fingerprint density at radius 3 is 2.66 bits per heavy atom. The summed E-state index contributed by atoms with van der Waals surface area (Å²) in [5, 5.41) is 7.32. The fourth-order valence-corrected chi connectivity index (χ4v) is 3.09. The van der Waals surface area contributed by atoms with E-state index in [-0.39, 0.29) is 5.91 Å². The maximum absolute atomic E-state index is 12.8. The summed E-state index contributed by atoms with van der Waals surface area (Å²) < 4.78 is 8.81. The average Bonchev–Trinajstić information content (AvgIpc) is 3.34. The van der Waals surface area contributed by atoms with E-state index in [1.807, 2.05) is 48.0 Å². The molecule has 0 saturated carbocycles. The number of anilines is 1. The number of hydrogen-bond donors (Lipinski definition) is 1. The van der Waals surface area contributed by atoms with Crippen LogP contribution in [-0.2, 0) is 7.05 Å². The van der Waals surface area contributed by atoms with Crippen LogP contribution in [0, 0.1) is 6.92 Å². The van der Waals surface area contributed by atoms with E-state index < -0.39 is 0 Å². The third kappa shape index (κ3) is 3.60. The molecule has 4 rings (SSSR count). The molecule has 0 atom stereocenters. The molecule has 1 N–H and O–H groups in total. The lowest BCUT2D eigenvalue weighted by molar-refractivity contribution is 0.101. The number of nitrogens with zero attached hydrogens (tertiary/aromatic N) is 5. The van der Waals surface area contributed by atoms with E-state index in [1.54, 1.807) is 43.4 Å². The Labute approximate surface area is 167 Å². The number of aryl methyl sites for hydroxylation is 2. The number of methoxy groups -OCH3 is 1. The third-order valence-corrected chi connectivity index (χ3v) is 4.57. The van der Waals surface area contributed by atoms with Crippen molar-refractivity contribution in [2.75, 3.05) is 12.4 Å². The highest BCUT2D eigenvalue weighted by Crippen LogP contribution is 2.29. The van der Waals surface area contributed by atoms with Crippen LogP contribution in [0.1, 0.15) is 16.3 Å². The molecule has 4 aromatic rings. The van der Waals surface area contributed by atoms with Crippen LogP contribution in [0.3, 0.4) is 0 Å². The summed E-state index contributed by atoms with van der Waals surface area (Å²) >= 11 is 0. The summed E-state index contributed by atoms with van der Waals surface area (Å²) in [5.74, 6) is 2.01. The smallest absolute Gasteiger partial charge is 0.273 e. The van der Waals surface area contributed by atoms with Gasteiger partial charge in [0.15, 0.2) is 0 Å². The van der Waals surface area contributed by atoms with Crippen molar-refractivity contribution in [3.63, 3.8) is 0 Å². The van der Waals surface area contributed by atoms with Gasteiger partial charge in [0, 0.05) is 25.0 Å². The average molecular weight is 388 g/mol. The van der Waals surface area contributed by atoms with Crippen LogP contribution in [0.25, 0.3) is 17.1 Å². The Hall–Kier alpha value is -3.94. The maximum Gasteiger partial charge on any atom is 0.273 e. The molecule has 1 aromatic carbocycles. The van der Waals surface area contributed by atoms with Crippen molar-refractivity contribution in [1.29, 1.82) is 0 Å². The molecule has 1 amide bonds. The van der Waals surface area contributed by atoms with E-state index in [2.05, 4.69) is 20.4 Å². The number of ether oxygens (including phenoxy) is 1. The van der Waals surface area contributed by atoms with Crippen molar-refractivity contribution in [3.8, 4) is 22.8 Å². The minimum Gasteiger partial charge on any atom is -0.496 e. The van der Waals surface area contributed by atoms with Crippen molar-refractivity contribution < 1.29 is 9.53 Å². The molecule has 0 spiro atoms. The van der Waals surface area contributed by atoms with Gasteiger partial charge in [0.25, 0.3) is 5.91 Å². The fourth-order valence-electron chi connectivity index (χ4n) is 3.09. The van der Waals surface area contributed by atoms with Gasteiger partial charge in [-0.1, -0.05) is 12.1 Å². The number of amides is 1. The lowest BCUT2D eigenvalue weighted by Gasteiger charge is -2.07. The van der Waals surface area contributed by atoms with E-state index >= 15 is 0 Å². The Balaban J connectivity index is 1.55. The highest BCUT2D eigenvalue weighted by atomic mass is 16.5. The van der Waals surface area contributed by atoms with Crippen LogP contribution in [0.15, 0.2) is 61.1 Å². The number of nitrogens with one attached hydrogen (secondary N) is 1. The molecule has 0 radical (unpaired) electrons.